The number of hydrogen-bond donors (Lipinski definition) is 0. The number of ether oxygens (including phenoxy) is 2. The zero-order valence-corrected chi connectivity index (χ0v) is 12.5. The summed E-state index contributed by atoms with van der Waals surface area (Å²) in [5.74, 6) is 0. The molecule has 0 heterocycles. The molecule has 1 fully saturated rings. The van der Waals surface area contributed by atoms with E-state index in [9.17, 15) is 4.79 Å². The van der Waals surface area contributed by atoms with Crippen molar-refractivity contribution < 1.29 is 14.3 Å². The Kier molecular flexibility index (Phi) is 9.10. The van der Waals surface area contributed by atoms with Crippen molar-refractivity contribution in [3.8, 4) is 0 Å². The first kappa shape index (κ1) is 16.6. The summed E-state index contributed by atoms with van der Waals surface area (Å²) in [4.78, 5) is 11.0. The van der Waals surface area contributed by atoms with Crippen LogP contribution in [0.4, 0.5) is 0 Å². The zero-order valence-electron chi connectivity index (χ0n) is 12.5. The molecule has 0 radical (unpaired) electrons. The third kappa shape index (κ3) is 7.07. The molecule has 1 aliphatic carbocycles. The predicted octanol–water partition coefficient (Wildman–Crippen LogP) is 4.24. The van der Waals surface area contributed by atoms with Gasteiger partial charge in [0.15, 0.2) is 0 Å². The van der Waals surface area contributed by atoms with Crippen LogP contribution in [-0.2, 0) is 14.3 Å². The lowest BCUT2D eigenvalue weighted by Crippen LogP contribution is -2.34. The Morgan fingerprint density at radius 1 is 0.947 bits per heavy atom. The van der Waals surface area contributed by atoms with Gasteiger partial charge in [0.05, 0.1) is 5.60 Å². The quantitative estimate of drug-likeness (QED) is 0.411. The summed E-state index contributed by atoms with van der Waals surface area (Å²) in [6.45, 7) is 2.95. The molecule has 0 spiro atoms. The van der Waals surface area contributed by atoms with Crippen LogP contribution in [0, 0.1) is 0 Å². The molecule has 3 heteroatoms. The molecule has 0 aromatic carbocycles. The SMILES string of the molecule is CCOCOC1(CC=O)CCCCCCCCCC1. The maximum absolute atomic E-state index is 11.0. The average molecular weight is 270 g/mol. The van der Waals surface area contributed by atoms with Crippen LogP contribution in [0.25, 0.3) is 0 Å². The van der Waals surface area contributed by atoms with E-state index in [1.165, 1.54) is 51.4 Å². The number of carbonyl (C=O) groups is 1. The molecule has 1 aliphatic rings. The van der Waals surface area contributed by atoms with Gasteiger partial charge in [-0.05, 0) is 19.8 Å². The Morgan fingerprint density at radius 3 is 1.95 bits per heavy atom. The van der Waals surface area contributed by atoms with Crippen LogP contribution >= 0.6 is 0 Å². The van der Waals surface area contributed by atoms with Gasteiger partial charge < -0.3 is 14.3 Å². The molecule has 112 valence electrons. The minimum absolute atomic E-state index is 0.263. The van der Waals surface area contributed by atoms with Crippen molar-refractivity contribution in [1.82, 2.24) is 0 Å². The van der Waals surface area contributed by atoms with E-state index in [-0.39, 0.29) is 5.60 Å². The number of rotatable bonds is 6. The van der Waals surface area contributed by atoms with Crippen molar-refractivity contribution in [1.29, 1.82) is 0 Å². The molecule has 19 heavy (non-hydrogen) atoms. The van der Waals surface area contributed by atoms with E-state index in [0.29, 0.717) is 19.8 Å². The van der Waals surface area contributed by atoms with Crippen LogP contribution in [0.15, 0.2) is 0 Å². The van der Waals surface area contributed by atoms with E-state index in [4.69, 9.17) is 9.47 Å². The van der Waals surface area contributed by atoms with Crippen molar-refractivity contribution >= 4 is 6.29 Å². The molecule has 0 aliphatic heterocycles. The van der Waals surface area contributed by atoms with Gasteiger partial charge in [-0.15, -0.1) is 0 Å². The van der Waals surface area contributed by atoms with Gasteiger partial charge >= 0.3 is 0 Å². The molecule has 1 saturated carbocycles. The molecule has 3 nitrogen and oxygen atoms in total. The van der Waals surface area contributed by atoms with Crippen LogP contribution < -0.4 is 0 Å². The van der Waals surface area contributed by atoms with Gasteiger partial charge in [0.1, 0.15) is 13.1 Å². The summed E-state index contributed by atoms with van der Waals surface area (Å²) in [7, 11) is 0. The second-order valence-corrected chi connectivity index (χ2v) is 5.64. The largest absolute Gasteiger partial charge is 0.356 e. The summed E-state index contributed by atoms with van der Waals surface area (Å²) in [5, 5.41) is 0. The number of hydrogen-bond acceptors (Lipinski definition) is 3. The first-order chi connectivity index (χ1) is 9.33. The molecule has 0 atom stereocenters. The minimum Gasteiger partial charge on any atom is -0.356 e. The van der Waals surface area contributed by atoms with E-state index in [2.05, 4.69) is 0 Å². The monoisotopic (exact) mass is 270 g/mol. The normalized spacial score (nSPS) is 21.5. The fourth-order valence-corrected chi connectivity index (χ4v) is 2.89. The third-order valence-corrected chi connectivity index (χ3v) is 4.12. The highest BCUT2D eigenvalue weighted by atomic mass is 16.7. The molecule has 0 amide bonds. The van der Waals surface area contributed by atoms with Crippen molar-refractivity contribution in [2.45, 2.75) is 83.2 Å². The van der Waals surface area contributed by atoms with E-state index in [1.54, 1.807) is 0 Å². The Labute approximate surface area is 118 Å². The van der Waals surface area contributed by atoms with Gasteiger partial charge in [0.2, 0.25) is 0 Å². The number of aldehydes is 1. The van der Waals surface area contributed by atoms with Gasteiger partial charge in [0.25, 0.3) is 0 Å². The van der Waals surface area contributed by atoms with Crippen LogP contribution in [0.3, 0.4) is 0 Å². The van der Waals surface area contributed by atoms with E-state index in [0.717, 1.165) is 19.1 Å². The van der Waals surface area contributed by atoms with Crippen LogP contribution in [0.2, 0.25) is 0 Å². The summed E-state index contributed by atoms with van der Waals surface area (Å²) in [5.41, 5.74) is -0.263. The fraction of sp³-hybridized carbons (Fsp3) is 0.938. The second-order valence-electron chi connectivity index (χ2n) is 5.64. The first-order valence-electron chi connectivity index (χ1n) is 7.98. The van der Waals surface area contributed by atoms with Gasteiger partial charge in [-0.1, -0.05) is 51.4 Å². The van der Waals surface area contributed by atoms with Gasteiger partial charge in [-0.2, -0.15) is 0 Å². The Bertz CT molecular complexity index is 216. The second kappa shape index (κ2) is 10.4. The van der Waals surface area contributed by atoms with Crippen LogP contribution in [0.1, 0.15) is 77.6 Å². The standard InChI is InChI=1S/C16H30O3/c1-2-18-15-19-16(13-14-17)11-9-7-5-3-4-6-8-10-12-16/h14H,2-13,15H2,1H3. The highest BCUT2D eigenvalue weighted by Gasteiger charge is 2.30. The van der Waals surface area contributed by atoms with Crippen LogP contribution in [-0.4, -0.2) is 25.3 Å². The molecular weight excluding hydrogens is 240 g/mol. The lowest BCUT2D eigenvalue weighted by atomic mass is 9.87. The predicted molar refractivity (Wildman–Crippen MR) is 77.2 cm³/mol. The summed E-state index contributed by atoms with van der Waals surface area (Å²) in [6, 6.07) is 0. The third-order valence-electron chi connectivity index (χ3n) is 4.12. The first-order valence-corrected chi connectivity index (χ1v) is 7.98. The van der Waals surface area contributed by atoms with Crippen LogP contribution in [0.5, 0.6) is 0 Å². The Morgan fingerprint density at radius 2 is 1.47 bits per heavy atom. The lowest BCUT2D eigenvalue weighted by Gasteiger charge is -2.32. The van der Waals surface area contributed by atoms with Gasteiger partial charge in [0, 0.05) is 13.0 Å². The van der Waals surface area contributed by atoms with Crippen molar-refractivity contribution in [3.63, 3.8) is 0 Å². The van der Waals surface area contributed by atoms with E-state index in [1.807, 2.05) is 6.92 Å². The average Bonchev–Trinajstić information content (AvgIpc) is 2.45. The van der Waals surface area contributed by atoms with Gasteiger partial charge in [-0.3, -0.25) is 0 Å². The molecule has 0 bridgehead atoms. The summed E-state index contributed by atoms with van der Waals surface area (Å²) < 4.78 is 11.3. The molecule has 0 N–H and O–H groups in total. The summed E-state index contributed by atoms with van der Waals surface area (Å²) >= 11 is 0. The topological polar surface area (TPSA) is 35.5 Å². The van der Waals surface area contributed by atoms with E-state index < -0.39 is 0 Å². The molecule has 0 saturated heterocycles. The maximum Gasteiger partial charge on any atom is 0.147 e. The molecule has 0 aromatic heterocycles. The van der Waals surface area contributed by atoms with Crippen molar-refractivity contribution in [2.24, 2.45) is 0 Å². The molecule has 1 rings (SSSR count). The smallest absolute Gasteiger partial charge is 0.147 e. The lowest BCUT2D eigenvalue weighted by molar-refractivity contribution is -0.154. The number of carbonyl (C=O) groups excluding carboxylic acids is 1. The van der Waals surface area contributed by atoms with E-state index >= 15 is 0 Å². The zero-order chi connectivity index (χ0) is 13.8. The maximum atomic E-state index is 11.0. The summed E-state index contributed by atoms with van der Waals surface area (Å²) in [6.07, 6.45) is 13.8. The molecule has 0 aromatic rings. The molecule has 0 unspecified atom stereocenters. The minimum atomic E-state index is -0.263. The van der Waals surface area contributed by atoms with Crippen molar-refractivity contribution in [2.75, 3.05) is 13.4 Å². The Hall–Kier alpha value is -0.410. The van der Waals surface area contributed by atoms with Crippen molar-refractivity contribution in [3.05, 3.63) is 0 Å². The fourth-order valence-electron chi connectivity index (χ4n) is 2.89. The Balaban J connectivity index is 2.55. The van der Waals surface area contributed by atoms with Gasteiger partial charge in [-0.25, -0.2) is 0 Å². The highest BCUT2D eigenvalue weighted by molar-refractivity contribution is 5.51. The highest BCUT2D eigenvalue weighted by Crippen LogP contribution is 2.30. The molecular formula is C16H30O3.